The monoisotopic (exact) mass is 377 g/mol. The van der Waals surface area contributed by atoms with Crippen molar-refractivity contribution < 1.29 is 14.1 Å². The van der Waals surface area contributed by atoms with E-state index in [9.17, 15) is 4.79 Å². The fourth-order valence-electron chi connectivity index (χ4n) is 3.81. The van der Waals surface area contributed by atoms with Crippen LogP contribution in [-0.4, -0.2) is 24.2 Å². The maximum absolute atomic E-state index is 13.0. The molecule has 2 aromatic carbocycles. The zero-order valence-electron chi connectivity index (χ0n) is 17.3. The normalized spacial score (nSPS) is 21.4. The molecule has 1 amide bonds. The van der Waals surface area contributed by atoms with Gasteiger partial charge in [0.1, 0.15) is 0 Å². The molecule has 146 valence electrons. The number of hydrogen-bond donors (Lipinski definition) is 1. The Hall–Kier alpha value is -2.11. The Morgan fingerprint density at radius 1 is 0.929 bits per heavy atom. The minimum atomic E-state index is -0.392. The van der Waals surface area contributed by atoms with E-state index in [2.05, 4.69) is 24.4 Å². The molecule has 1 saturated carbocycles. The van der Waals surface area contributed by atoms with E-state index in [0.717, 1.165) is 29.6 Å². The first kappa shape index (κ1) is 19.2. The van der Waals surface area contributed by atoms with Gasteiger partial charge in [-0.3, -0.25) is 4.79 Å². The fourth-order valence-corrected chi connectivity index (χ4v) is 3.81. The molecule has 5 heteroatoms. The Morgan fingerprint density at radius 3 is 2.04 bits per heavy atom. The van der Waals surface area contributed by atoms with Crippen LogP contribution in [0.4, 0.5) is 5.69 Å². The Balaban J connectivity index is 1.47. The molecular weight excluding hydrogens is 349 g/mol. The number of nitrogens with one attached hydrogen (secondary N) is 1. The highest BCUT2D eigenvalue weighted by molar-refractivity contribution is 6.62. The van der Waals surface area contributed by atoms with E-state index < -0.39 is 7.12 Å². The molecule has 1 aliphatic heterocycles. The van der Waals surface area contributed by atoms with Crippen LogP contribution in [0.15, 0.2) is 48.5 Å². The van der Waals surface area contributed by atoms with Crippen molar-refractivity contribution in [2.75, 3.05) is 5.32 Å². The van der Waals surface area contributed by atoms with Gasteiger partial charge in [0.15, 0.2) is 0 Å². The summed E-state index contributed by atoms with van der Waals surface area (Å²) >= 11 is 0. The zero-order valence-corrected chi connectivity index (χ0v) is 17.3. The molecule has 0 aromatic heterocycles. The first-order valence-electron chi connectivity index (χ1n) is 9.98. The number of amides is 1. The first-order valence-corrected chi connectivity index (χ1v) is 9.98. The van der Waals surface area contributed by atoms with Gasteiger partial charge in [-0.15, -0.1) is 0 Å². The van der Waals surface area contributed by atoms with Crippen molar-refractivity contribution in [3.05, 3.63) is 59.7 Å². The number of aryl methyl sites for hydroxylation is 1. The van der Waals surface area contributed by atoms with Crippen molar-refractivity contribution in [2.45, 2.75) is 64.1 Å². The van der Waals surface area contributed by atoms with E-state index in [1.807, 2.05) is 64.1 Å². The largest absolute Gasteiger partial charge is 0.494 e. The summed E-state index contributed by atoms with van der Waals surface area (Å²) in [5.74, 6) is 0.0742. The third-order valence-corrected chi connectivity index (χ3v) is 6.54. The van der Waals surface area contributed by atoms with Crippen molar-refractivity contribution in [1.29, 1.82) is 0 Å². The van der Waals surface area contributed by atoms with Gasteiger partial charge in [-0.05, 0) is 76.2 Å². The number of anilines is 1. The highest BCUT2D eigenvalue weighted by Crippen LogP contribution is 2.50. The lowest BCUT2D eigenvalue weighted by atomic mass is 9.79. The Kier molecular flexibility index (Phi) is 4.44. The van der Waals surface area contributed by atoms with Crippen LogP contribution in [0.25, 0.3) is 0 Å². The summed E-state index contributed by atoms with van der Waals surface area (Å²) in [6, 6.07) is 15.9. The standard InChI is InChI=1S/C23H28BNO3/c1-16-8-6-7-9-19(16)23(14-15-23)20(26)25-18-12-10-17(11-13-18)24-27-21(2,3)22(4,5)28-24/h6-13H,14-15H2,1-5H3,(H,25,26). The summed E-state index contributed by atoms with van der Waals surface area (Å²) < 4.78 is 12.2. The van der Waals surface area contributed by atoms with Crippen LogP contribution >= 0.6 is 0 Å². The number of carbonyl (C=O) groups excluding carboxylic acids is 1. The molecular formula is C23H28BNO3. The second-order valence-electron chi connectivity index (χ2n) is 9.06. The molecule has 4 nitrogen and oxygen atoms in total. The third kappa shape index (κ3) is 3.17. The van der Waals surface area contributed by atoms with E-state index in [4.69, 9.17) is 9.31 Å². The predicted octanol–water partition coefficient (Wildman–Crippen LogP) is 3.96. The second kappa shape index (κ2) is 6.46. The summed E-state index contributed by atoms with van der Waals surface area (Å²) in [7, 11) is -0.392. The number of carbonyl (C=O) groups is 1. The summed E-state index contributed by atoms with van der Waals surface area (Å²) in [5, 5.41) is 3.10. The van der Waals surface area contributed by atoms with Gasteiger partial charge in [0.2, 0.25) is 5.91 Å². The lowest BCUT2D eigenvalue weighted by molar-refractivity contribution is -0.118. The van der Waals surface area contributed by atoms with Gasteiger partial charge in [-0.25, -0.2) is 0 Å². The van der Waals surface area contributed by atoms with Gasteiger partial charge in [0.25, 0.3) is 0 Å². The summed E-state index contributed by atoms with van der Waals surface area (Å²) in [5.41, 5.74) is 2.96. The fraction of sp³-hybridized carbons (Fsp3) is 0.435. The topological polar surface area (TPSA) is 47.6 Å². The van der Waals surface area contributed by atoms with Crippen LogP contribution < -0.4 is 10.8 Å². The molecule has 2 fully saturated rings. The van der Waals surface area contributed by atoms with Gasteiger partial charge in [0.05, 0.1) is 16.6 Å². The average Bonchev–Trinajstić information content (AvgIpc) is 3.39. The van der Waals surface area contributed by atoms with Crippen LogP contribution in [0.5, 0.6) is 0 Å². The van der Waals surface area contributed by atoms with Gasteiger partial charge in [-0.2, -0.15) is 0 Å². The Labute approximate surface area is 167 Å². The molecule has 0 spiro atoms. The molecule has 0 atom stereocenters. The second-order valence-corrected chi connectivity index (χ2v) is 9.06. The molecule has 1 heterocycles. The minimum Gasteiger partial charge on any atom is -0.399 e. The van der Waals surface area contributed by atoms with Gasteiger partial charge in [-0.1, -0.05) is 36.4 Å². The van der Waals surface area contributed by atoms with Crippen molar-refractivity contribution >= 4 is 24.2 Å². The number of rotatable bonds is 4. The molecule has 28 heavy (non-hydrogen) atoms. The molecule has 2 aliphatic rings. The maximum Gasteiger partial charge on any atom is 0.494 e. The molecule has 4 rings (SSSR count). The highest BCUT2D eigenvalue weighted by Gasteiger charge is 2.52. The van der Waals surface area contributed by atoms with Crippen LogP contribution in [0.3, 0.4) is 0 Å². The van der Waals surface area contributed by atoms with Gasteiger partial charge < -0.3 is 14.6 Å². The van der Waals surface area contributed by atoms with Crippen LogP contribution in [0, 0.1) is 6.92 Å². The molecule has 0 radical (unpaired) electrons. The maximum atomic E-state index is 13.0. The smallest absolute Gasteiger partial charge is 0.399 e. The lowest BCUT2D eigenvalue weighted by Crippen LogP contribution is -2.41. The number of benzene rings is 2. The molecule has 2 aromatic rings. The van der Waals surface area contributed by atoms with Crippen molar-refractivity contribution in [1.82, 2.24) is 0 Å². The Morgan fingerprint density at radius 2 is 1.50 bits per heavy atom. The van der Waals surface area contributed by atoms with Crippen LogP contribution in [-0.2, 0) is 19.5 Å². The van der Waals surface area contributed by atoms with Crippen LogP contribution in [0.1, 0.15) is 51.7 Å². The summed E-state index contributed by atoms with van der Waals surface area (Å²) in [6.07, 6.45) is 1.80. The zero-order chi connectivity index (χ0) is 20.2. The predicted molar refractivity (Wildman–Crippen MR) is 113 cm³/mol. The van der Waals surface area contributed by atoms with E-state index in [1.165, 1.54) is 5.56 Å². The van der Waals surface area contributed by atoms with E-state index in [0.29, 0.717) is 0 Å². The molecule has 1 saturated heterocycles. The van der Waals surface area contributed by atoms with Crippen LogP contribution in [0.2, 0.25) is 0 Å². The first-order chi connectivity index (χ1) is 13.1. The lowest BCUT2D eigenvalue weighted by Gasteiger charge is -2.32. The van der Waals surface area contributed by atoms with E-state index in [-0.39, 0.29) is 22.5 Å². The van der Waals surface area contributed by atoms with Gasteiger partial charge in [0, 0.05) is 5.69 Å². The van der Waals surface area contributed by atoms with E-state index >= 15 is 0 Å². The molecule has 1 aliphatic carbocycles. The quantitative estimate of drug-likeness (QED) is 0.821. The Bertz CT molecular complexity index is 884. The molecule has 0 unspecified atom stereocenters. The summed E-state index contributed by atoms with van der Waals surface area (Å²) in [4.78, 5) is 13.0. The third-order valence-electron chi connectivity index (χ3n) is 6.54. The molecule has 1 N–H and O–H groups in total. The van der Waals surface area contributed by atoms with Crippen molar-refractivity contribution in [2.24, 2.45) is 0 Å². The highest BCUT2D eigenvalue weighted by atomic mass is 16.7. The van der Waals surface area contributed by atoms with Gasteiger partial charge >= 0.3 is 7.12 Å². The SMILES string of the molecule is Cc1ccccc1C1(C(=O)Nc2ccc(B3OC(C)(C)C(C)(C)O3)cc2)CC1. The van der Waals surface area contributed by atoms with E-state index in [1.54, 1.807) is 0 Å². The summed E-state index contributed by atoms with van der Waals surface area (Å²) in [6.45, 7) is 10.2. The average molecular weight is 377 g/mol. The minimum absolute atomic E-state index is 0.0742. The van der Waals surface area contributed by atoms with Crippen molar-refractivity contribution in [3.63, 3.8) is 0 Å². The molecule has 0 bridgehead atoms. The number of hydrogen-bond acceptors (Lipinski definition) is 3. The van der Waals surface area contributed by atoms with Crippen molar-refractivity contribution in [3.8, 4) is 0 Å².